The molecule has 0 bridgehead atoms. The molecular weight excluding hydrogens is 160 g/mol. The van der Waals surface area contributed by atoms with Crippen LogP contribution in [0.15, 0.2) is 30.9 Å². The maximum atomic E-state index is 5.66. The zero-order valence-corrected chi connectivity index (χ0v) is 8.50. The molecule has 1 atom stereocenters. The van der Waals surface area contributed by atoms with Gasteiger partial charge in [0.25, 0.3) is 0 Å². The minimum Gasteiger partial charge on any atom is -0.486 e. The molecule has 0 spiro atoms. The summed E-state index contributed by atoms with van der Waals surface area (Å²) in [5, 5.41) is 0. The van der Waals surface area contributed by atoms with Crippen molar-refractivity contribution in [2.75, 3.05) is 0 Å². The smallest absolute Gasteiger partial charge is 0.123 e. The lowest BCUT2D eigenvalue weighted by Gasteiger charge is -2.13. The van der Waals surface area contributed by atoms with Crippen LogP contribution in [0.25, 0.3) is 0 Å². The molecule has 0 fully saturated rings. The van der Waals surface area contributed by atoms with E-state index in [-0.39, 0.29) is 6.10 Å². The predicted octanol–water partition coefficient (Wildman–Crippen LogP) is 3.26. The molecule has 1 nitrogen and oxygen atoms in total. The lowest BCUT2D eigenvalue weighted by Crippen LogP contribution is -2.08. The predicted molar refractivity (Wildman–Crippen MR) is 56.2 cm³/mol. The molecular formula is C12H16O. The van der Waals surface area contributed by atoms with E-state index >= 15 is 0 Å². The van der Waals surface area contributed by atoms with Crippen LogP contribution in [-0.2, 0) is 0 Å². The van der Waals surface area contributed by atoms with Gasteiger partial charge in [-0.2, -0.15) is 0 Å². The van der Waals surface area contributed by atoms with E-state index in [2.05, 4.69) is 31.7 Å². The van der Waals surface area contributed by atoms with Crippen LogP contribution >= 0.6 is 0 Å². The van der Waals surface area contributed by atoms with Crippen LogP contribution in [0.4, 0.5) is 0 Å². The second kappa shape index (κ2) is 4.13. The second-order valence-corrected chi connectivity index (χ2v) is 3.33. The monoisotopic (exact) mass is 176 g/mol. The molecule has 1 unspecified atom stereocenters. The largest absolute Gasteiger partial charge is 0.486 e. The van der Waals surface area contributed by atoms with Gasteiger partial charge < -0.3 is 4.74 Å². The third-order valence-corrected chi connectivity index (χ3v) is 1.99. The molecule has 0 aliphatic carbocycles. The van der Waals surface area contributed by atoms with Gasteiger partial charge in [0.05, 0.1) is 0 Å². The Kier molecular flexibility index (Phi) is 3.13. The zero-order chi connectivity index (χ0) is 9.84. The van der Waals surface area contributed by atoms with Gasteiger partial charge in [-0.25, -0.2) is 0 Å². The summed E-state index contributed by atoms with van der Waals surface area (Å²) in [6.45, 7) is 9.77. The van der Waals surface area contributed by atoms with Crippen molar-refractivity contribution in [2.24, 2.45) is 0 Å². The van der Waals surface area contributed by atoms with Gasteiger partial charge >= 0.3 is 0 Å². The molecule has 0 N–H and O–H groups in total. The Morgan fingerprint density at radius 1 is 1.38 bits per heavy atom. The van der Waals surface area contributed by atoms with Crippen LogP contribution < -0.4 is 4.74 Å². The van der Waals surface area contributed by atoms with Crippen LogP contribution in [-0.4, -0.2) is 6.10 Å². The van der Waals surface area contributed by atoms with Gasteiger partial charge in [0.2, 0.25) is 0 Å². The summed E-state index contributed by atoms with van der Waals surface area (Å²) in [5.74, 6) is 0.951. The number of ether oxygens (including phenoxy) is 1. The molecule has 0 aliphatic rings. The van der Waals surface area contributed by atoms with Crippen molar-refractivity contribution < 1.29 is 4.74 Å². The third kappa shape index (κ3) is 2.62. The molecule has 0 aromatic heterocycles. The second-order valence-electron chi connectivity index (χ2n) is 3.33. The van der Waals surface area contributed by atoms with E-state index in [0.717, 1.165) is 5.75 Å². The summed E-state index contributed by atoms with van der Waals surface area (Å²) in [7, 11) is 0. The summed E-state index contributed by atoms with van der Waals surface area (Å²) < 4.78 is 5.66. The van der Waals surface area contributed by atoms with E-state index in [9.17, 15) is 0 Å². The summed E-state index contributed by atoms with van der Waals surface area (Å²) >= 11 is 0. The minimum atomic E-state index is 0.0699. The van der Waals surface area contributed by atoms with Gasteiger partial charge in [-0.3, -0.25) is 0 Å². The number of hydrogen-bond donors (Lipinski definition) is 0. The number of rotatable bonds is 3. The third-order valence-electron chi connectivity index (χ3n) is 1.99. The highest BCUT2D eigenvalue weighted by Gasteiger charge is 2.02. The van der Waals surface area contributed by atoms with Crippen molar-refractivity contribution in [1.82, 2.24) is 0 Å². The summed E-state index contributed by atoms with van der Waals surface area (Å²) in [6.07, 6.45) is 1.86. The molecule has 0 aliphatic heterocycles. The van der Waals surface area contributed by atoms with E-state index in [0.29, 0.717) is 0 Å². The van der Waals surface area contributed by atoms with Gasteiger partial charge in [0, 0.05) is 0 Å². The van der Waals surface area contributed by atoms with Gasteiger partial charge in [0.15, 0.2) is 0 Å². The quantitative estimate of drug-likeness (QED) is 0.642. The van der Waals surface area contributed by atoms with Crippen molar-refractivity contribution in [3.05, 3.63) is 42.0 Å². The summed E-state index contributed by atoms with van der Waals surface area (Å²) in [5.41, 5.74) is 2.39. The van der Waals surface area contributed by atoms with Crippen molar-refractivity contribution in [3.63, 3.8) is 0 Å². The molecule has 13 heavy (non-hydrogen) atoms. The average molecular weight is 176 g/mol. The molecule has 0 amide bonds. The van der Waals surface area contributed by atoms with Crippen LogP contribution in [0.1, 0.15) is 18.1 Å². The Balaban J connectivity index is 2.86. The first-order valence-corrected chi connectivity index (χ1v) is 4.50. The van der Waals surface area contributed by atoms with Gasteiger partial charge in [-0.15, -0.1) is 0 Å². The minimum absolute atomic E-state index is 0.0699. The molecule has 1 aromatic carbocycles. The van der Waals surface area contributed by atoms with Gasteiger partial charge in [0.1, 0.15) is 11.9 Å². The fourth-order valence-electron chi connectivity index (χ4n) is 1.08. The van der Waals surface area contributed by atoms with E-state index in [1.807, 2.05) is 13.8 Å². The van der Waals surface area contributed by atoms with Crippen LogP contribution in [0, 0.1) is 13.8 Å². The van der Waals surface area contributed by atoms with E-state index < -0.39 is 0 Å². The van der Waals surface area contributed by atoms with E-state index in [1.54, 1.807) is 6.08 Å². The summed E-state index contributed by atoms with van der Waals surface area (Å²) in [6, 6.07) is 6.20. The molecule has 0 heterocycles. The Bertz CT molecular complexity index is 302. The molecule has 70 valence electrons. The van der Waals surface area contributed by atoms with Crippen molar-refractivity contribution in [1.29, 1.82) is 0 Å². The number of benzene rings is 1. The summed E-state index contributed by atoms with van der Waals surface area (Å²) in [4.78, 5) is 0. The Morgan fingerprint density at radius 2 is 2.08 bits per heavy atom. The molecule has 1 rings (SSSR count). The standard InChI is InChI=1S/C12H16O/c1-5-11(4)13-12-8-9(2)6-7-10(12)3/h5-8,11H,1H2,2-4H3. The van der Waals surface area contributed by atoms with Crippen molar-refractivity contribution >= 4 is 0 Å². The molecule has 0 saturated carbocycles. The van der Waals surface area contributed by atoms with E-state index in [1.165, 1.54) is 11.1 Å². The molecule has 0 saturated heterocycles. The fraction of sp³-hybridized carbons (Fsp3) is 0.333. The van der Waals surface area contributed by atoms with Crippen LogP contribution in [0.5, 0.6) is 5.75 Å². The lowest BCUT2D eigenvalue weighted by atomic mass is 10.1. The highest BCUT2D eigenvalue weighted by molar-refractivity contribution is 5.36. The Morgan fingerprint density at radius 3 is 2.69 bits per heavy atom. The highest BCUT2D eigenvalue weighted by Crippen LogP contribution is 2.20. The fourth-order valence-corrected chi connectivity index (χ4v) is 1.08. The molecule has 0 radical (unpaired) electrons. The first-order valence-electron chi connectivity index (χ1n) is 4.50. The Hall–Kier alpha value is -1.24. The lowest BCUT2D eigenvalue weighted by molar-refractivity contribution is 0.268. The normalized spacial score (nSPS) is 12.2. The van der Waals surface area contributed by atoms with Crippen LogP contribution in [0.3, 0.4) is 0 Å². The zero-order valence-electron chi connectivity index (χ0n) is 8.50. The molecule has 1 heteroatoms. The number of aryl methyl sites for hydroxylation is 2. The highest BCUT2D eigenvalue weighted by atomic mass is 16.5. The maximum absolute atomic E-state index is 5.66. The van der Waals surface area contributed by atoms with E-state index in [4.69, 9.17) is 4.74 Å². The first-order chi connectivity index (χ1) is 6.13. The average Bonchev–Trinajstić information content (AvgIpc) is 2.11. The number of hydrogen-bond acceptors (Lipinski definition) is 1. The van der Waals surface area contributed by atoms with Crippen LogP contribution in [0.2, 0.25) is 0 Å². The van der Waals surface area contributed by atoms with Gasteiger partial charge in [-0.05, 0) is 38.0 Å². The Labute approximate surface area is 80.0 Å². The van der Waals surface area contributed by atoms with Crippen molar-refractivity contribution in [2.45, 2.75) is 26.9 Å². The molecule has 1 aromatic rings. The van der Waals surface area contributed by atoms with Crippen molar-refractivity contribution in [3.8, 4) is 5.75 Å². The van der Waals surface area contributed by atoms with Gasteiger partial charge in [-0.1, -0.05) is 24.8 Å². The first kappa shape index (κ1) is 9.85. The SMILES string of the molecule is C=CC(C)Oc1cc(C)ccc1C. The maximum Gasteiger partial charge on any atom is 0.123 e. The topological polar surface area (TPSA) is 9.23 Å².